The molecule has 0 aromatic heterocycles. The van der Waals surface area contributed by atoms with Crippen molar-refractivity contribution in [3.8, 4) is 5.75 Å². The van der Waals surface area contributed by atoms with Gasteiger partial charge in [-0.05, 0) is 33.0 Å². The second-order valence-corrected chi connectivity index (χ2v) is 4.40. The number of likely N-dealkylation sites (N-methyl/N-ethyl adjacent to an activating group) is 1. The van der Waals surface area contributed by atoms with Gasteiger partial charge in [-0.2, -0.15) is 0 Å². The molecule has 106 valence electrons. The number of carbonyl (C=O) groups excluding carboxylic acids is 1. The van der Waals surface area contributed by atoms with E-state index in [-0.39, 0.29) is 17.3 Å². The van der Waals surface area contributed by atoms with Gasteiger partial charge in [0.1, 0.15) is 5.75 Å². The van der Waals surface area contributed by atoms with Gasteiger partial charge in [-0.25, -0.2) is 0 Å². The van der Waals surface area contributed by atoms with Crippen molar-refractivity contribution in [2.45, 2.75) is 25.7 Å². The number of amides is 1. The fourth-order valence-corrected chi connectivity index (χ4v) is 1.17. The molecule has 1 rings (SSSR count). The first-order valence-corrected chi connectivity index (χ1v) is 5.50. The van der Waals surface area contributed by atoms with Crippen LogP contribution in [0.25, 0.3) is 0 Å². The Hall–Kier alpha value is -1.76. The number of hydrogen-bond acceptors (Lipinski definition) is 3. The number of carbonyl (C=O) groups is 1. The van der Waals surface area contributed by atoms with Crippen LogP contribution in [0.4, 0.5) is 18.9 Å². The number of alkyl halides is 3. The van der Waals surface area contributed by atoms with Crippen molar-refractivity contribution in [2.24, 2.45) is 0 Å². The Labute approximate surface area is 108 Å². The van der Waals surface area contributed by atoms with E-state index >= 15 is 0 Å². The highest BCUT2D eigenvalue weighted by molar-refractivity contribution is 5.97. The number of nitrogens with one attached hydrogen (secondary N) is 2. The molecule has 4 nitrogen and oxygen atoms in total. The molecule has 0 spiro atoms. The number of hydrogen-bond donors (Lipinski definition) is 2. The average Bonchev–Trinajstić information content (AvgIpc) is 2.27. The van der Waals surface area contributed by atoms with Gasteiger partial charge in [0.05, 0.1) is 5.54 Å². The van der Waals surface area contributed by atoms with Gasteiger partial charge in [0.25, 0.3) is 0 Å². The van der Waals surface area contributed by atoms with Crippen molar-refractivity contribution in [1.82, 2.24) is 5.32 Å². The molecule has 1 aromatic rings. The summed E-state index contributed by atoms with van der Waals surface area (Å²) in [5, 5.41) is 5.30. The van der Waals surface area contributed by atoms with Gasteiger partial charge in [0.15, 0.2) is 0 Å². The summed E-state index contributed by atoms with van der Waals surface area (Å²) in [7, 11) is 1.61. The molecular formula is C12H15F3N2O2. The molecule has 0 bridgehead atoms. The van der Waals surface area contributed by atoms with E-state index in [1.807, 2.05) is 0 Å². The first kappa shape index (κ1) is 15.3. The van der Waals surface area contributed by atoms with Crippen molar-refractivity contribution in [3.05, 3.63) is 24.3 Å². The van der Waals surface area contributed by atoms with Crippen molar-refractivity contribution in [3.63, 3.8) is 0 Å². The van der Waals surface area contributed by atoms with E-state index in [0.29, 0.717) is 0 Å². The third kappa shape index (κ3) is 4.78. The number of ether oxygens (including phenoxy) is 1. The molecule has 0 unspecified atom stereocenters. The van der Waals surface area contributed by atoms with Crippen molar-refractivity contribution >= 4 is 11.6 Å². The molecule has 0 aliphatic heterocycles. The summed E-state index contributed by atoms with van der Waals surface area (Å²) < 4.78 is 39.9. The summed E-state index contributed by atoms with van der Waals surface area (Å²) in [6, 6.07) is 5.11. The third-order valence-electron chi connectivity index (χ3n) is 2.52. The van der Waals surface area contributed by atoms with Crippen LogP contribution in [-0.4, -0.2) is 24.9 Å². The monoisotopic (exact) mass is 276 g/mol. The largest absolute Gasteiger partial charge is 0.573 e. The van der Waals surface area contributed by atoms with Gasteiger partial charge in [0.2, 0.25) is 5.91 Å². The van der Waals surface area contributed by atoms with Gasteiger partial charge in [0, 0.05) is 11.8 Å². The van der Waals surface area contributed by atoms with Crippen LogP contribution in [0, 0.1) is 0 Å². The molecule has 0 saturated carbocycles. The zero-order valence-corrected chi connectivity index (χ0v) is 10.8. The summed E-state index contributed by atoms with van der Waals surface area (Å²) in [6.07, 6.45) is -4.76. The van der Waals surface area contributed by atoms with E-state index < -0.39 is 11.9 Å². The molecule has 0 fully saturated rings. The van der Waals surface area contributed by atoms with E-state index in [9.17, 15) is 18.0 Å². The van der Waals surface area contributed by atoms with Crippen LogP contribution in [0.2, 0.25) is 0 Å². The van der Waals surface area contributed by atoms with Crippen LogP contribution in [-0.2, 0) is 4.79 Å². The molecule has 0 heterocycles. The summed E-state index contributed by atoms with van der Waals surface area (Å²) in [5.74, 6) is -0.744. The standard InChI is InChI=1S/C12H15F3N2O2/c1-11(2,16-3)10(18)17-8-5-4-6-9(7-8)19-12(13,14)15/h4-7,16H,1-3H3,(H,17,18). The summed E-state index contributed by atoms with van der Waals surface area (Å²) in [6.45, 7) is 3.30. The molecule has 1 aromatic carbocycles. The second kappa shape index (κ2) is 5.48. The van der Waals surface area contributed by atoms with Crippen LogP contribution in [0.3, 0.4) is 0 Å². The first-order valence-electron chi connectivity index (χ1n) is 5.50. The van der Waals surface area contributed by atoms with Crippen molar-refractivity contribution in [1.29, 1.82) is 0 Å². The molecule has 0 aliphatic rings. The zero-order chi connectivity index (χ0) is 14.7. The van der Waals surface area contributed by atoms with Gasteiger partial charge in [-0.1, -0.05) is 6.07 Å². The fraction of sp³-hybridized carbons (Fsp3) is 0.417. The zero-order valence-electron chi connectivity index (χ0n) is 10.8. The van der Waals surface area contributed by atoms with Crippen LogP contribution >= 0.6 is 0 Å². The SMILES string of the molecule is CNC(C)(C)C(=O)Nc1cccc(OC(F)(F)F)c1. The first-order chi connectivity index (χ1) is 8.64. The lowest BCUT2D eigenvalue weighted by Gasteiger charge is -2.22. The van der Waals surface area contributed by atoms with Crippen LogP contribution < -0.4 is 15.4 Å². The van der Waals surface area contributed by atoms with E-state index in [1.54, 1.807) is 20.9 Å². The Bertz CT molecular complexity index is 459. The lowest BCUT2D eigenvalue weighted by atomic mass is 10.1. The molecule has 1 amide bonds. The van der Waals surface area contributed by atoms with Crippen LogP contribution in [0.5, 0.6) is 5.75 Å². The van der Waals surface area contributed by atoms with E-state index in [1.165, 1.54) is 12.1 Å². The van der Waals surface area contributed by atoms with Crippen molar-refractivity contribution < 1.29 is 22.7 Å². The second-order valence-electron chi connectivity index (χ2n) is 4.40. The normalized spacial score (nSPS) is 12.1. The lowest BCUT2D eigenvalue weighted by molar-refractivity contribution is -0.274. The third-order valence-corrected chi connectivity index (χ3v) is 2.52. The number of halogens is 3. The molecule has 0 aliphatic carbocycles. The molecule has 0 atom stereocenters. The van der Waals surface area contributed by atoms with Crippen molar-refractivity contribution in [2.75, 3.05) is 12.4 Å². The molecule has 7 heteroatoms. The summed E-state index contributed by atoms with van der Waals surface area (Å²) in [4.78, 5) is 11.8. The topological polar surface area (TPSA) is 50.4 Å². The minimum absolute atomic E-state index is 0.232. The maximum absolute atomic E-state index is 12.1. The highest BCUT2D eigenvalue weighted by Gasteiger charge is 2.31. The maximum atomic E-state index is 12.1. The average molecular weight is 276 g/mol. The van der Waals surface area contributed by atoms with Crippen LogP contribution in [0.15, 0.2) is 24.3 Å². The highest BCUT2D eigenvalue weighted by atomic mass is 19.4. The van der Waals surface area contributed by atoms with E-state index in [2.05, 4.69) is 15.4 Å². The molecule has 2 N–H and O–H groups in total. The van der Waals surface area contributed by atoms with Gasteiger partial charge < -0.3 is 15.4 Å². The molecule has 0 saturated heterocycles. The Morgan fingerprint density at radius 2 is 1.89 bits per heavy atom. The highest BCUT2D eigenvalue weighted by Crippen LogP contribution is 2.25. The fourth-order valence-electron chi connectivity index (χ4n) is 1.17. The maximum Gasteiger partial charge on any atom is 0.573 e. The van der Waals surface area contributed by atoms with Gasteiger partial charge in [-0.3, -0.25) is 4.79 Å². The Kier molecular flexibility index (Phi) is 4.41. The molecule has 0 radical (unpaired) electrons. The summed E-state index contributed by atoms with van der Waals surface area (Å²) in [5.41, 5.74) is -0.601. The van der Waals surface area contributed by atoms with Gasteiger partial charge in [-0.15, -0.1) is 13.2 Å². The van der Waals surface area contributed by atoms with E-state index in [0.717, 1.165) is 12.1 Å². The lowest BCUT2D eigenvalue weighted by Crippen LogP contribution is -2.47. The minimum atomic E-state index is -4.76. The number of benzene rings is 1. The minimum Gasteiger partial charge on any atom is -0.406 e. The Morgan fingerprint density at radius 1 is 1.26 bits per heavy atom. The van der Waals surface area contributed by atoms with Crippen LogP contribution in [0.1, 0.15) is 13.8 Å². The Balaban J connectivity index is 2.81. The molecular weight excluding hydrogens is 261 g/mol. The quantitative estimate of drug-likeness (QED) is 0.888. The molecule has 19 heavy (non-hydrogen) atoms. The smallest absolute Gasteiger partial charge is 0.406 e. The van der Waals surface area contributed by atoms with E-state index in [4.69, 9.17) is 0 Å². The predicted molar refractivity (Wildman–Crippen MR) is 64.9 cm³/mol. The van der Waals surface area contributed by atoms with Gasteiger partial charge >= 0.3 is 6.36 Å². The number of rotatable bonds is 4. The summed E-state index contributed by atoms with van der Waals surface area (Å²) >= 11 is 0. The number of anilines is 1. The predicted octanol–water partition coefficient (Wildman–Crippen LogP) is 2.52. The Morgan fingerprint density at radius 3 is 2.42 bits per heavy atom.